The van der Waals surface area contributed by atoms with Crippen LogP contribution in [0.2, 0.25) is 0 Å². The number of nitrogens with one attached hydrogen (secondary N) is 1. The molecule has 0 saturated carbocycles. The van der Waals surface area contributed by atoms with Crippen molar-refractivity contribution in [2.75, 3.05) is 11.4 Å². The van der Waals surface area contributed by atoms with Gasteiger partial charge in [0.1, 0.15) is 5.92 Å². The van der Waals surface area contributed by atoms with Gasteiger partial charge in [0.2, 0.25) is 11.8 Å². The van der Waals surface area contributed by atoms with Crippen molar-refractivity contribution in [2.45, 2.75) is 39.2 Å². The normalized spacial score (nSPS) is 17.4. The van der Waals surface area contributed by atoms with Crippen LogP contribution in [-0.2, 0) is 16.0 Å². The molecule has 1 aliphatic rings. The number of rotatable bonds is 4. The second kappa shape index (κ2) is 7.32. The number of hydrogen-bond acceptors (Lipinski definition) is 2. The minimum Gasteiger partial charge on any atom is -0.351 e. The van der Waals surface area contributed by atoms with E-state index in [1.165, 1.54) is 5.56 Å². The van der Waals surface area contributed by atoms with Gasteiger partial charge in [-0.25, -0.2) is 0 Å². The van der Waals surface area contributed by atoms with Crippen molar-refractivity contribution in [3.8, 4) is 0 Å². The van der Waals surface area contributed by atoms with Crippen molar-refractivity contribution in [2.24, 2.45) is 5.92 Å². The molecule has 2 amide bonds. The summed E-state index contributed by atoms with van der Waals surface area (Å²) < 4.78 is 0. The van der Waals surface area contributed by atoms with Crippen LogP contribution < -0.4 is 10.2 Å². The molecule has 26 heavy (non-hydrogen) atoms. The van der Waals surface area contributed by atoms with Gasteiger partial charge in [0, 0.05) is 17.8 Å². The molecule has 1 atom stereocenters. The van der Waals surface area contributed by atoms with E-state index < -0.39 is 5.92 Å². The van der Waals surface area contributed by atoms with E-state index in [9.17, 15) is 9.59 Å². The molecule has 1 aliphatic heterocycles. The lowest BCUT2D eigenvalue weighted by Gasteiger charge is -2.23. The van der Waals surface area contributed by atoms with E-state index >= 15 is 0 Å². The lowest BCUT2D eigenvalue weighted by Crippen LogP contribution is -2.46. The predicted molar refractivity (Wildman–Crippen MR) is 104 cm³/mol. The molecule has 2 aromatic rings. The number of carbonyl (C=O) groups excluding carboxylic acids is 2. The number of hydrogen-bond donors (Lipinski definition) is 1. The van der Waals surface area contributed by atoms with Gasteiger partial charge in [-0.3, -0.25) is 9.59 Å². The fourth-order valence-electron chi connectivity index (χ4n) is 3.36. The Morgan fingerprint density at radius 2 is 1.73 bits per heavy atom. The van der Waals surface area contributed by atoms with Crippen molar-refractivity contribution >= 4 is 17.5 Å². The Kier molecular flexibility index (Phi) is 5.12. The van der Waals surface area contributed by atoms with Crippen LogP contribution in [0.5, 0.6) is 0 Å². The summed E-state index contributed by atoms with van der Waals surface area (Å²) in [4.78, 5) is 27.1. The first-order valence-corrected chi connectivity index (χ1v) is 9.10. The fourth-order valence-corrected chi connectivity index (χ4v) is 3.36. The molecule has 2 aromatic carbocycles. The largest absolute Gasteiger partial charge is 0.351 e. The Bertz CT molecular complexity index is 793. The first kappa shape index (κ1) is 18.2. The zero-order valence-electron chi connectivity index (χ0n) is 15.7. The Hall–Kier alpha value is -2.62. The molecule has 0 radical (unpaired) electrons. The quantitative estimate of drug-likeness (QED) is 0.858. The number of carbonyl (C=O) groups is 2. The topological polar surface area (TPSA) is 49.4 Å². The van der Waals surface area contributed by atoms with Gasteiger partial charge in [-0.15, -0.1) is 0 Å². The third-order valence-electron chi connectivity index (χ3n) is 4.54. The van der Waals surface area contributed by atoms with Gasteiger partial charge < -0.3 is 10.2 Å². The van der Waals surface area contributed by atoms with Crippen LogP contribution in [0.1, 0.15) is 38.3 Å². The van der Waals surface area contributed by atoms with E-state index in [-0.39, 0.29) is 17.4 Å². The maximum atomic E-state index is 12.9. The highest BCUT2D eigenvalue weighted by atomic mass is 16.2. The lowest BCUT2D eigenvalue weighted by atomic mass is 10.0. The summed E-state index contributed by atoms with van der Waals surface area (Å²) in [7, 11) is 0. The van der Waals surface area contributed by atoms with Crippen LogP contribution in [-0.4, -0.2) is 23.9 Å². The number of amides is 2. The first-order chi connectivity index (χ1) is 12.3. The molecule has 1 N–H and O–H groups in total. The maximum absolute atomic E-state index is 12.9. The second-order valence-electron chi connectivity index (χ2n) is 7.86. The van der Waals surface area contributed by atoms with Crippen LogP contribution in [0, 0.1) is 5.92 Å². The van der Waals surface area contributed by atoms with Crippen molar-refractivity contribution in [3.05, 3.63) is 65.7 Å². The first-order valence-electron chi connectivity index (χ1n) is 9.10. The van der Waals surface area contributed by atoms with E-state index in [0.717, 1.165) is 17.7 Å². The van der Waals surface area contributed by atoms with Crippen molar-refractivity contribution in [3.63, 3.8) is 0 Å². The monoisotopic (exact) mass is 350 g/mol. The van der Waals surface area contributed by atoms with Gasteiger partial charge in [0.15, 0.2) is 0 Å². The van der Waals surface area contributed by atoms with Crippen LogP contribution in [0.4, 0.5) is 5.69 Å². The molecular weight excluding hydrogens is 324 g/mol. The Morgan fingerprint density at radius 1 is 1.08 bits per heavy atom. The Morgan fingerprint density at radius 3 is 2.42 bits per heavy atom. The lowest BCUT2D eigenvalue weighted by molar-refractivity contribution is -0.133. The molecular formula is C22H26N2O2. The standard InChI is InChI=1S/C22H26N2O2/c1-22(2,3)23-20(25)18-13-14-24(21(18)26)19-12-8-7-11-17(19)15-16-9-5-4-6-10-16/h4-12,18H,13-15H2,1-3H3,(H,23,25). The third kappa shape index (κ3) is 4.13. The van der Waals surface area contributed by atoms with Crippen molar-refractivity contribution in [1.82, 2.24) is 5.32 Å². The molecule has 3 rings (SSSR count). The maximum Gasteiger partial charge on any atom is 0.239 e. The predicted octanol–water partition coefficient (Wildman–Crippen LogP) is 3.55. The van der Waals surface area contributed by atoms with Gasteiger partial charge in [-0.2, -0.15) is 0 Å². The van der Waals surface area contributed by atoms with E-state index in [1.807, 2.05) is 57.2 Å². The highest BCUT2D eigenvalue weighted by Gasteiger charge is 2.39. The van der Waals surface area contributed by atoms with Crippen LogP contribution in [0.25, 0.3) is 0 Å². The number of nitrogens with zero attached hydrogens (tertiary/aromatic N) is 1. The summed E-state index contributed by atoms with van der Waals surface area (Å²) in [5.41, 5.74) is 2.88. The average molecular weight is 350 g/mol. The van der Waals surface area contributed by atoms with Gasteiger partial charge >= 0.3 is 0 Å². The highest BCUT2D eigenvalue weighted by Crippen LogP contribution is 2.30. The molecule has 1 fully saturated rings. The molecule has 1 saturated heterocycles. The third-order valence-corrected chi connectivity index (χ3v) is 4.54. The molecule has 1 unspecified atom stereocenters. The molecule has 0 aliphatic carbocycles. The van der Waals surface area contributed by atoms with E-state index in [2.05, 4.69) is 23.5 Å². The Balaban J connectivity index is 1.80. The smallest absolute Gasteiger partial charge is 0.239 e. The summed E-state index contributed by atoms with van der Waals surface area (Å²) in [6.07, 6.45) is 1.32. The number of benzene rings is 2. The molecule has 1 heterocycles. The molecule has 0 bridgehead atoms. The van der Waals surface area contributed by atoms with Gasteiger partial charge in [0.05, 0.1) is 0 Å². The number of anilines is 1. The average Bonchev–Trinajstić information content (AvgIpc) is 2.96. The minimum absolute atomic E-state index is 0.104. The van der Waals surface area contributed by atoms with Crippen molar-refractivity contribution in [1.29, 1.82) is 0 Å². The fraction of sp³-hybridized carbons (Fsp3) is 0.364. The van der Waals surface area contributed by atoms with Crippen molar-refractivity contribution < 1.29 is 9.59 Å². The molecule has 0 aromatic heterocycles. The van der Waals surface area contributed by atoms with Gasteiger partial charge in [-0.05, 0) is 50.8 Å². The van der Waals surface area contributed by atoms with Crippen LogP contribution in [0.3, 0.4) is 0 Å². The van der Waals surface area contributed by atoms with E-state index in [1.54, 1.807) is 4.90 Å². The van der Waals surface area contributed by atoms with E-state index in [0.29, 0.717) is 13.0 Å². The molecule has 4 nitrogen and oxygen atoms in total. The van der Waals surface area contributed by atoms with E-state index in [4.69, 9.17) is 0 Å². The summed E-state index contributed by atoms with van der Waals surface area (Å²) in [6, 6.07) is 18.2. The molecule has 0 spiro atoms. The van der Waals surface area contributed by atoms with Gasteiger partial charge in [0.25, 0.3) is 0 Å². The summed E-state index contributed by atoms with van der Waals surface area (Å²) >= 11 is 0. The zero-order chi connectivity index (χ0) is 18.7. The zero-order valence-corrected chi connectivity index (χ0v) is 15.7. The highest BCUT2D eigenvalue weighted by molar-refractivity contribution is 6.10. The SMILES string of the molecule is CC(C)(C)NC(=O)C1CCN(c2ccccc2Cc2ccccc2)C1=O. The molecule has 136 valence electrons. The van der Waals surface area contributed by atoms with Crippen LogP contribution >= 0.6 is 0 Å². The summed E-state index contributed by atoms with van der Waals surface area (Å²) in [5.74, 6) is -0.878. The Labute approximate surface area is 155 Å². The summed E-state index contributed by atoms with van der Waals surface area (Å²) in [6.45, 7) is 6.36. The van der Waals surface area contributed by atoms with Gasteiger partial charge in [-0.1, -0.05) is 48.5 Å². The molecule has 4 heteroatoms. The van der Waals surface area contributed by atoms with Crippen LogP contribution in [0.15, 0.2) is 54.6 Å². The number of para-hydroxylation sites is 1. The minimum atomic E-state index is -0.598. The second-order valence-corrected chi connectivity index (χ2v) is 7.86. The summed E-state index contributed by atoms with van der Waals surface area (Å²) in [5, 5.41) is 2.93.